The molecule has 0 atom stereocenters. The van der Waals surface area contributed by atoms with Gasteiger partial charge in [0, 0.05) is 18.8 Å². The Morgan fingerprint density at radius 3 is 2.42 bits per heavy atom. The first-order chi connectivity index (χ1) is 11.4. The topological polar surface area (TPSA) is 53.6 Å². The lowest BCUT2D eigenvalue weighted by atomic mass is 9.94. The molecule has 8 heteroatoms. The Bertz CT molecular complexity index is 526. The number of benzene rings is 1. The van der Waals surface area contributed by atoms with Crippen LogP contribution in [0.15, 0.2) is 24.3 Å². The highest BCUT2D eigenvalue weighted by atomic mass is 19.4. The van der Waals surface area contributed by atoms with Gasteiger partial charge in [-0.1, -0.05) is 0 Å². The van der Waals surface area contributed by atoms with E-state index in [0.29, 0.717) is 24.7 Å². The smallest absolute Gasteiger partial charge is 0.406 e. The summed E-state index contributed by atoms with van der Waals surface area (Å²) < 4.78 is 40.1. The number of halogens is 3. The summed E-state index contributed by atoms with van der Waals surface area (Å²) in [5.41, 5.74) is 0.437. The maximum atomic E-state index is 12.2. The molecule has 1 aromatic rings. The SMILES string of the molecule is CNCCC1CCN(C(=O)Nc2ccc(OC(F)(F)F)cc2)CC1. The van der Waals surface area contributed by atoms with E-state index in [9.17, 15) is 18.0 Å². The second-order valence-electron chi connectivity index (χ2n) is 5.82. The largest absolute Gasteiger partial charge is 0.573 e. The molecule has 2 amide bonds. The number of nitrogens with one attached hydrogen (secondary N) is 2. The van der Waals surface area contributed by atoms with Gasteiger partial charge in [0.2, 0.25) is 0 Å². The maximum absolute atomic E-state index is 12.2. The highest BCUT2D eigenvalue weighted by molar-refractivity contribution is 5.89. The number of piperidine rings is 1. The molecule has 2 rings (SSSR count). The predicted molar refractivity (Wildman–Crippen MR) is 85.0 cm³/mol. The molecule has 1 saturated heterocycles. The van der Waals surface area contributed by atoms with E-state index in [1.54, 1.807) is 4.90 Å². The Morgan fingerprint density at radius 2 is 1.88 bits per heavy atom. The quantitative estimate of drug-likeness (QED) is 0.860. The van der Waals surface area contributed by atoms with Crippen molar-refractivity contribution in [2.75, 3.05) is 32.0 Å². The molecule has 0 aliphatic carbocycles. The normalized spacial score (nSPS) is 16.1. The van der Waals surface area contributed by atoms with Gasteiger partial charge in [0.05, 0.1) is 0 Å². The summed E-state index contributed by atoms with van der Waals surface area (Å²) in [6.07, 6.45) is -1.68. The van der Waals surface area contributed by atoms with E-state index >= 15 is 0 Å². The van der Waals surface area contributed by atoms with Crippen molar-refractivity contribution in [3.63, 3.8) is 0 Å². The summed E-state index contributed by atoms with van der Waals surface area (Å²) in [7, 11) is 1.92. The van der Waals surface area contributed by atoms with E-state index in [1.807, 2.05) is 7.05 Å². The van der Waals surface area contributed by atoms with Crippen LogP contribution in [-0.4, -0.2) is 44.0 Å². The second-order valence-corrected chi connectivity index (χ2v) is 5.82. The van der Waals surface area contributed by atoms with Gasteiger partial charge in [-0.05, 0) is 63.0 Å². The third-order valence-corrected chi connectivity index (χ3v) is 4.04. The molecule has 1 aliphatic heterocycles. The number of likely N-dealkylation sites (tertiary alicyclic amines) is 1. The van der Waals surface area contributed by atoms with E-state index < -0.39 is 6.36 Å². The van der Waals surface area contributed by atoms with Crippen molar-refractivity contribution in [2.24, 2.45) is 5.92 Å². The Hall–Kier alpha value is -1.96. The van der Waals surface area contributed by atoms with Gasteiger partial charge >= 0.3 is 12.4 Å². The first-order valence-electron chi connectivity index (χ1n) is 7.94. The Balaban J connectivity index is 1.80. The van der Waals surface area contributed by atoms with Crippen LogP contribution in [0, 0.1) is 5.92 Å². The average Bonchev–Trinajstić information content (AvgIpc) is 2.54. The number of nitrogens with zero attached hydrogens (tertiary/aromatic N) is 1. The third-order valence-electron chi connectivity index (χ3n) is 4.04. The minimum Gasteiger partial charge on any atom is -0.406 e. The molecule has 1 aliphatic rings. The number of alkyl halides is 3. The number of anilines is 1. The zero-order valence-corrected chi connectivity index (χ0v) is 13.5. The highest BCUT2D eigenvalue weighted by Gasteiger charge is 2.31. The number of carbonyl (C=O) groups excluding carboxylic acids is 1. The van der Waals surface area contributed by atoms with Crippen molar-refractivity contribution in [1.82, 2.24) is 10.2 Å². The molecule has 1 heterocycles. The highest BCUT2D eigenvalue weighted by Crippen LogP contribution is 2.25. The first-order valence-corrected chi connectivity index (χ1v) is 7.94. The number of rotatable bonds is 5. The van der Waals surface area contributed by atoms with Gasteiger partial charge < -0.3 is 20.3 Å². The Morgan fingerprint density at radius 1 is 1.25 bits per heavy atom. The molecule has 0 unspecified atom stereocenters. The molecule has 0 spiro atoms. The molecule has 24 heavy (non-hydrogen) atoms. The predicted octanol–water partition coefficient (Wildman–Crippen LogP) is 3.44. The number of carbonyl (C=O) groups is 1. The number of amides is 2. The lowest BCUT2D eigenvalue weighted by molar-refractivity contribution is -0.274. The van der Waals surface area contributed by atoms with E-state index in [-0.39, 0.29) is 11.8 Å². The van der Waals surface area contributed by atoms with E-state index in [0.717, 1.165) is 25.8 Å². The van der Waals surface area contributed by atoms with Crippen LogP contribution in [0.5, 0.6) is 5.75 Å². The van der Waals surface area contributed by atoms with Crippen LogP contribution in [0.2, 0.25) is 0 Å². The summed E-state index contributed by atoms with van der Waals surface area (Å²) in [5, 5.41) is 5.82. The molecule has 134 valence electrons. The van der Waals surface area contributed by atoms with Gasteiger partial charge in [-0.25, -0.2) is 4.79 Å². The van der Waals surface area contributed by atoms with Crippen molar-refractivity contribution in [3.8, 4) is 5.75 Å². The van der Waals surface area contributed by atoms with E-state index in [1.165, 1.54) is 24.3 Å². The molecule has 0 bridgehead atoms. The van der Waals surface area contributed by atoms with Gasteiger partial charge in [0.15, 0.2) is 0 Å². The van der Waals surface area contributed by atoms with Crippen molar-refractivity contribution >= 4 is 11.7 Å². The Labute approximate surface area is 139 Å². The average molecular weight is 345 g/mol. The summed E-state index contributed by atoms with van der Waals surface area (Å²) >= 11 is 0. The lowest BCUT2D eigenvalue weighted by Crippen LogP contribution is -2.41. The van der Waals surface area contributed by atoms with Gasteiger partial charge in [-0.3, -0.25) is 0 Å². The first kappa shape index (κ1) is 18.4. The van der Waals surface area contributed by atoms with Crippen molar-refractivity contribution < 1.29 is 22.7 Å². The molecule has 1 aromatic carbocycles. The fraction of sp³-hybridized carbons (Fsp3) is 0.562. The van der Waals surface area contributed by atoms with E-state index in [4.69, 9.17) is 0 Å². The van der Waals surface area contributed by atoms with Gasteiger partial charge in [0.25, 0.3) is 0 Å². The molecule has 0 aromatic heterocycles. The fourth-order valence-corrected chi connectivity index (χ4v) is 2.72. The summed E-state index contributed by atoms with van der Waals surface area (Å²) in [5.74, 6) is 0.311. The van der Waals surface area contributed by atoms with Crippen LogP contribution < -0.4 is 15.4 Å². The minimum atomic E-state index is -4.72. The molecular formula is C16H22F3N3O2. The molecule has 2 N–H and O–H groups in total. The fourth-order valence-electron chi connectivity index (χ4n) is 2.72. The number of hydrogen-bond donors (Lipinski definition) is 2. The van der Waals surface area contributed by atoms with Crippen LogP contribution in [-0.2, 0) is 0 Å². The third kappa shape index (κ3) is 5.92. The minimum absolute atomic E-state index is 0.230. The zero-order chi connectivity index (χ0) is 17.6. The second kappa shape index (κ2) is 8.23. The van der Waals surface area contributed by atoms with Crippen LogP contribution >= 0.6 is 0 Å². The standard InChI is InChI=1S/C16H22F3N3O2/c1-20-9-6-12-7-10-22(11-8-12)15(23)21-13-2-4-14(5-3-13)24-16(17,18)19/h2-5,12,20H,6-11H2,1H3,(H,21,23). The van der Waals surface area contributed by atoms with Gasteiger partial charge in [0.1, 0.15) is 5.75 Å². The van der Waals surface area contributed by atoms with Crippen molar-refractivity contribution in [1.29, 1.82) is 0 Å². The van der Waals surface area contributed by atoms with Crippen molar-refractivity contribution in [3.05, 3.63) is 24.3 Å². The maximum Gasteiger partial charge on any atom is 0.573 e. The monoisotopic (exact) mass is 345 g/mol. The molecule has 1 fully saturated rings. The van der Waals surface area contributed by atoms with E-state index in [2.05, 4.69) is 15.4 Å². The molecule has 5 nitrogen and oxygen atoms in total. The molecule has 0 saturated carbocycles. The van der Waals surface area contributed by atoms with Gasteiger partial charge in [-0.2, -0.15) is 0 Å². The number of ether oxygens (including phenoxy) is 1. The van der Waals surface area contributed by atoms with Gasteiger partial charge in [-0.15, -0.1) is 13.2 Å². The number of urea groups is 1. The summed E-state index contributed by atoms with van der Waals surface area (Å²) in [6, 6.07) is 4.89. The van der Waals surface area contributed by atoms with Crippen LogP contribution in [0.3, 0.4) is 0 Å². The van der Waals surface area contributed by atoms with Crippen LogP contribution in [0.4, 0.5) is 23.7 Å². The summed E-state index contributed by atoms with van der Waals surface area (Å²) in [4.78, 5) is 13.9. The van der Waals surface area contributed by atoms with Crippen molar-refractivity contribution in [2.45, 2.75) is 25.6 Å². The lowest BCUT2D eigenvalue weighted by Gasteiger charge is -2.32. The van der Waals surface area contributed by atoms with Crippen LogP contribution in [0.1, 0.15) is 19.3 Å². The van der Waals surface area contributed by atoms with Crippen LogP contribution in [0.25, 0.3) is 0 Å². The Kier molecular flexibility index (Phi) is 6.30. The zero-order valence-electron chi connectivity index (χ0n) is 13.5. The number of hydrogen-bond acceptors (Lipinski definition) is 3. The molecule has 0 radical (unpaired) electrons. The summed E-state index contributed by atoms with van der Waals surface area (Å²) in [6.45, 7) is 2.36. The molecular weight excluding hydrogens is 323 g/mol.